The maximum absolute atomic E-state index is 13.6. The second kappa shape index (κ2) is 11.5. The molecule has 1 heterocycles. The molecule has 0 saturated carbocycles. The number of halogens is 2. The molecule has 0 saturated heterocycles. The summed E-state index contributed by atoms with van der Waals surface area (Å²) in [6.07, 6.45) is -1.37. The van der Waals surface area contributed by atoms with Gasteiger partial charge in [0.1, 0.15) is 5.56 Å². The number of alkyl halides is 2. The van der Waals surface area contributed by atoms with E-state index >= 15 is 0 Å². The van der Waals surface area contributed by atoms with E-state index in [1.807, 2.05) is 6.07 Å². The summed E-state index contributed by atoms with van der Waals surface area (Å²) in [7, 11) is -1.64. The van der Waals surface area contributed by atoms with Gasteiger partial charge in [0, 0.05) is 34.0 Å². The van der Waals surface area contributed by atoms with Crippen LogP contribution in [0.25, 0.3) is 11.3 Å². The van der Waals surface area contributed by atoms with Gasteiger partial charge in [-0.2, -0.15) is 5.26 Å². The van der Waals surface area contributed by atoms with E-state index in [0.717, 1.165) is 0 Å². The third kappa shape index (κ3) is 6.05. The van der Waals surface area contributed by atoms with Crippen molar-refractivity contribution in [2.75, 3.05) is 18.7 Å². The van der Waals surface area contributed by atoms with Crippen LogP contribution in [-0.4, -0.2) is 33.7 Å². The highest BCUT2D eigenvalue weighted by Crippen LogP contribution is 2.36. The van der Waals surface area contributed by atoms with Gasteiger partial charge in [0.05, 0.1) is 34.2 Å². The largest absolute Gasteiger partial charge is 0.493 e. The molecule has 0 unspecified atom stereocenters. The summed E-state index contributed by atoms with van der Waals surface area (Å²) < 4.78 is 57.5. The zero-order chi connectivity index (χ0) is 29.0. The Hall–Kier alpha value is -4.89. The van der Waals surface area contributed by atoms with Crippen molar-refractivity contribution in [3.63, 3.8) is 0 Å². The quantitative estimate of drug-likeness (QED) is 0.255. The molecule has 9 nitrogen and oxygen atoms in total. The molecule has 40 heavy (non-hydrogen) atoms. The van der Waals surface area contributed by atoms with Crippen molar-refractivity contribution in [2.24, 2.45) is 0 Å². The number of ether oxygens (including phenoxy) is 2. The van der Waals surface area contributed by atoms with Gasteiger partial charge in [-0.05, 0) is 42.8 Å². The van der Waals surface area contributed by atoms with Crippen LogP contribution in [0.4, 0.5) is 14.5 Å². The molecular formula is C28H23F2N5O4S. The first-order chi connectivity index (χ1) is 19.0. The number of amides is 1. The predicted molar refractivity (Wildman–Crippen MR) is 144 cm³/mol. The summed E-state index contributed by atoms with van der Waals surface area (Å²) in [5.74, 6) is -0.440. The third-order valence-corrected chi connectivity index (χ3v) is 7.04. The first-order valence-electron chi connectivity index (χ1n) is 11.7. The lowest BCUT2D eigenvalue weighted by molar-refractivity contribution is 0.102. The Labute approximate surface area is 229 Å². The Morgan fingerprint density at radius 3 is 2.42 bits per heavy atom. The van der Waals surface area contributed by atoms with E-state index in [-0.39, 0.29) is 44.8 Å². The fourth-order valence-electron chi connectivity index (χ4n) is 3.83. The molecule has 204 valence electrons. The molecule has 2 N–H and O–H groups in total. The number of nitrogens with one attached hydrogen (secondary N) is 2. The molecule has 4 rings (SSSR count). The molecular weight excluding hydrogens is 540 g/mol. The molecule has 0 spiro atoms. The number of hydrogen-bond acceptors (Lipinski definition) is 8. The van der Waals surface area contributed by atoms with Gasteiger partial charge in [0.15, 0.2) is 11.5 Å². The molecule has 0 fully saturated rings. The van der Waals surface area contributed by atoms with Gasteiger partial charge in [0.2, 0.25) is 0 Å². The van der Waals surface area contributed by atoms with Crippen molar-refractivity contribution in [3.8, 4) is 34.7 Å². The maximum atomic E-state index is 13.6. The van der Waals surface area contributed by atoms with Crippen molar-refractivity contribution >= 4 is 21.3 Å². The van der Waals surface area contributed by atoms with Crippen molar-refractivity contribution in [3.05, 3.63) is 89.0 Å². The molecule has 4 aromatic rings. The third-order valence-electron chi connectivity index (χ3n) is 5.89. The average Bonchev–Trinajstić information content (AvgIpc) is 2.93. The van der Waals surface area contributed by atoms with Crippen LogP contribution in [0.5, 0.6) is 17.4 Å². The number of hydrogen-bond donors (Lipinski definition) is 2. The van der Waals surface area contributed by atoms with Gasteiger partial charge in [-0.25, -0.2) is 17.8 Å². The van der Waals surface area contributed by atoms with Crippen LogP contribution in [0.3, 0.4) is 0 Å². The van der Waals surface area contributed by atoms with Gasteiger partial charge in [0.25, 0.3) is 18.2 Å². The molecule has 12 heteroatoms. The smallest absolute Gasteiger partial charge is 0.263 e. The minimum Gasteiger partial charge on any atom is -0.493 e. The van der Waals surface area contributed by atoms with E-state index in [9.17, 15) is 23.0 Å². The van der Waals surface area contributed by atoms with Crippen molar-refractivity contribution in [1.29, 1.82) is 10.0 Å². The summed E-state index contributed by atoms with van der Waals surface area (Å²) >= 11 is 0. The topological polar surface area (TPSA) is 138 Å². The highest BCUT2D eigenvalue weighted by atomic mass is 32.2. The highest BCUT2D eigenvalue weighted by molar-refractivity contribution is 7.91. The predicted octanol–water partition coefficient (Wildman–Crippen LogP) is 6.35. The second-order valence-corrected chi connectivity index (χ2v) is 10.8. The van der Waals surface area contributed by atoms with Gasteiger partial charge in [-0.1, -0.05) is 30.3 Å². The normalized spacial score (nSPS) is 12.3. The van der Waals surface area contributed by atoms with Gasteiger partial charge >= 0.3 is 0 Å². The first kappa shape index (κ1) is 28.1. The zero-order valence-corrected chi connectivity index (χ0v) is 22.4. The molecule has 0 radical (unpaired) electrons. The van der Waals surface area contributed by atoms with Crippen molar-refractivity contribution < 1.29 is 27.3 Å². The SMILES string of the molecule is COc1cc(C#N)ccc1Oc1nnc(-c2ccc(C(F)F)cc2)c(C)c1C(=O)Nc1cccc([S@@](C)(=N)=O)c1. The monoisotopic (exact) mass is 563 g/mol. The maximum Gasteiger partial charge on any atom is 0.263 e. The number of nitrogens with zero attached hydrogens (tertiary/aromatic N) is 3. The number of aromatic nitrogens is 2. The van der Waals surface area contributed by atoms with Gasteiger partial charge in [-0.3, -0.25) is 4.79 Å². The van der Waals surface area contributed by atoms with Crippen LogP contribution in [0.15, 0.2) is 71.6 Å². The van der Waals surface area contributed by atoms with Crippen molar-refractivity contribution in [1.82, 2.24) is 10.2 Å². The summed E-state index contributed by atoms with van der Waals surface area (Å²) in [5, 5.41) is 20.2. The van der Waals surface area contributed by atoms with Crippen LogP contribution in [0.1, 0.15) is 33.5 Å². The Morgan fingerprint density at radius 1 is 1.07 bits per heavy atom. The molecule has 0 bridgehead atoms. The molecule has 1 amide bonds. The Balaban J connectivity index is 1.81. The fourth-order valence-corrected chi connectivity index (χ4v) is 4.52. The van der Waals surface area contributed by atoms with E-state index in [2.05, 4.69) is 15.5 Å². The lowest BCUT2D eigenvalue weighted by Crippen LogP contribution is -2.17. The van der Waals surface area contributed by atoms with Gasteiger partial charge < -0.3 is 14.8 Å². The van der Waals surface area contributed by atoms with Crippen LogP contribution < -0.4 is 14.8 Å². The van der Waals surface area contributed by atoms with Crippen LogP contribution in [0, 0.1) is 23.0 Å². The molecule has 1 atom stereocenters. The van der Waals surface area contributed by atoms with Crippen LogP contribution >= 0.6 is 0 Å². The van der Waals surface area contributed by atoms with E-state index in [1.54, 1.807) is 19.1 Å². The second-order valence-electron chi connectivity index (χ2n) is 8.68. The molecule has 1 aromatic heterocycles. The summed E-state index contributed by atoms with van der Waals surface area (Å²) in [4.78, 5) is 13.9. The molecule has 3 aromatic carbocycles. The number of rotatable bonds is 8. The number of carbonyl (C=O) groups is 1. The Bertz CT molecular complexity index is 1740. The summed E-state index contributed by atoms with van der Waals surface area (Å²) in [5.41, 5.74) is 1.49. The summed E-state index contributed by atoms with van der Waals surface area (Å²) in [6.45, 7) is 1.61. The minimum atomic E-state index is -3.04. The van der Waals surface area contributed by atoms with Crippen molar-refractivity contribution in [2.45, 2.75) is 18.2 Å². The van der Waals surface area contributed by atoms with E-state index in [0.29, 0.717) is 16.7 Å². The Kier molecular flexibility index (Phi) is 8.06. The zero-order valence-electron chi connectivity index (χ0n) is 21.6. The standard InChI is InChI=1S/C28H23F2N5O4S/c1-16-24(27(36)33-20-5-4-6-21(14-20)40(3,32)37)28(39-22-12-7-17(15-31)13-23(22)38-2)35-34-25(16)18-8-10-19(11-9-18)26(29)30/h4-14,26,32H,1-3H3,(H,33,36)/t40-/m0/s1. The van der Waals surface area contributed by atoms with E-state index in [1.165, 1.54) is 68.0 Å². The molecule has 0 aliphatic rings. The Morgan fingerprint density at radius 2 is 1.80 bits per heavy atom. The number of carbonyl (C=O) groups excluding carboxylic acids is 1. The van der Waals surface area contributed by atoms with E-state index < -0.39 is 22.1 Å². The van der Waals surface area contributed by atoms with Crippen LogP contribution in [0.2, 0.25) is 0 Å². The minimum absolute atomic E-state index is 0.0112. The number of benzene rings is 3. The summed E-state index contributed by atoms with van der Waals surface area (Å²) in [6, 6.07) is 18.0. The van der Waals surface area contributed by atoms with E-state index in [4.69, 9.17) is 14.3 Å². The fraction of sp³-hybridized carbons (Fsp3) is 0.143. The molecule has 0 aliphatic carbocycles. The number of nitriles is 1. The van der Waals surface area contributed by atoms with Gasteiger partial charge in [-0.15, -0.1) is 10.2 Å². The number of methoxy groups -OCH3 is 1. The van der Waals surface area contributed by atoms with Crippen LogP contribution in [-0.2, 0) is 9.73 Å². The lowest BCUT2D eigenvalue weighted by Gasteiger charge is -2.16. The number of anilines is 1. The average molecular weight is 564 g/mol. The lowest BCUT2D eigenvalue weighted by atomic mass is 10.0. The first-order valence-corrected chi connectivity index (χ1v) is 13.7. The molecule has 0 aliphatic heterocycles. The highest BCUT2D eigenvalue weighted by Gasteiger charge is 2.24.